The lowest BCUT2D eigenvalue weighted by Gasteiger charge is -2.18. The predicted molar refractivity (Wildman–Crippen MR) is 165 cm³/mol. The minimum atomic E-state index is 0.0487. The van der Waals surface area contributed by atoms with E-state index in [9.17, 15) is 4.79 Å². The molecule has 2 atom stereocenters. The molecule has 0 N–H and O–H groups in total. The van der Waals surface area contributed by atoms with E-state index in [1.165, 1.54) is 167 Å². The molecule has 0 amide bonds. The van der Waals surface area contributed by atoms with E-state index in [0.717, 1.165) is 6.42 Å². The number of carbonyl (C=O) groups excluding carboxylic acids is 1. The SMILES string of the molecule is CCCCCCCCCCCCCCC(C)C(=O)OCC(CCCC)CCCCCCCCCCCC. The van der Waals surface area contributed by atoms with Crippen molar-refractivity contribution >= 4 is 5.97 Å². The van der Waals surface area contributed by atoms with Crippen LogP contribution in [0.15, 0.2) is 0 Å². The van der Waals surface area contributed by atoms with Crippen LogP contribution in [-0.4, -0.2) is 12.6 Å². The van der Waals surface area contributed by atoms with Gasteiger partial charge in [0.1, 0.15) is 0 Å². The molecule has 0 aliphatic carbocycles. The monoisotopic (exact) mass is 523 g/mol. The van der Waals surface area contributed by atoms with Gasteiger partial charge in [0.2, 0.25) is 0 Å². The number of carbonyl (C=O) groups is 1. The van der Waals surface area contributed by atoms with Crippen molar-refractivity contribution in [3.63, 3.8) is 0 Å². The summed E-state index contributed by atoms with van der Waals surface area (Å²) in [6, 6.07) is 0. The van der Waals surface area contributed by atoms with Gasteiger partial charge in [0.15, 0.2) is 0 Å². The Bertz CT molecular complexity index is 447. The van der Waals surface area contributed by atoms with Crippen LogP contribution in [0.2, 0.25) is 0 Å². The second-order valence-electron chi connectivity index (χ2n) is 12.2. The van der Waals surface area contributed by atoms with Crippen molar-refractivity contribution in [3.8, 4) is 0 Å². The van der Waals surface area contributed by atoms with E-state index in [1.54, 1.807) is 0 Å². The zero-order chi connectivity index (χ0) is 27.2. The Morgan fingerprint density at radius 1 is 0.459 bits per heavy atom. The molecule has 0 aromatic heterocycles. The molecule has 0 saturated carbocycles. The summed E-state index contributed by atoms with van der Waals surface area (Å²) in [6.45, 7) is 9.56. The first-order valence-electron chi connectivity index (χ1n) is 17.3. The molecule has 0 aromatic carbocycles. The lowest BCUT2D eigenvalue weighted by molar-refractivity contribution is -0.149. The fourth-order valence-electron chi connectivity index (χ4n) is 5.48. The molecule has 37 heavy (non-hydrogen) atoms. The molecular formula is C35H70O2. The largest absolute Gasteiger partial charge is 0.465 e. The maximum Gasteiger partial charge on any atom is 0.308 e. The van der Waals surface area contributed by atoms with Gasteiger partial charge in [-0.25, -0.2) is 0 Å². The van der Waals surface area contributed by atoms with Crippen LogP contribution in [0.5, 0.6) is 0 Å². The molecule has 0 spiro atoms. The number of esters is 1. The van der Waals surface area contributed by atoms with Crippen LogP contribution in [0.4, 0.5) is 0 Å². The fourth-order valence-corrected chi connectivity index (χ4v) is 5.48. The molecule has 0 bridgehead atoms. The number of hydrogen-bond acceptors (Lipinski definition) is 2. The third kappa shape index (κ3) is 26.8. The van der Waals surface area contributed by atoms with Crippen molar-refractivity contribution in [3.05, 3.63) is 0 Å². The number of rotatable bonds is 30. The summed E-state index contributed by atoms with van der Waals surface area (Å²) in [5.41, 5.74) is 0. The molecule has 2 heteroatoms. The zero-order valence-electron chi connectivity index (χ0n) is 26.3. The smallest absolute Gasteiger partial charge is 0.308 e. The third-order valence-electron chi connectivity index (χ3n) is 8.29. The molecule has 2 unspecified atom stereocenters. The Balaban J connectivity index is 3.77. The highest BCUT2D eigenvalue weighted by molar-refractivity contribution is 5.71. The molecule has 222 valence electrons. The molecule has 2 nitrogen and oxygen atoms in total. The second-order valence-corrected chi connectivity index (χ2v) is 12.2. The van der Waals surface area contributed by atoms with E-state index in [2.05, 4.69) is 27.7 Å². The first kappa shape index (κ1) is 36.5. The average Bonchev–Trinajstić information content (AvgIpc) is 2.91. The Labute approximate surface area is 234 Å². The second kappa shape index (κ2) is 30.0. The lowest BCUT2D eigenvalue weighted by atomic mass is 9.95. The highest BCUT2D eigenvalue weighted by Crippen LogP contribution is 2.20. The van der Waals surface area contributed by atoms with Crippen LogP contribution < -0.4 is 0 Å². The van der Waals surface area contributed by atoms with Crippen molar-refractivity contribution in [1.29, 1.82) is 0 Å². The minimum Gasteiger partial charge on any atom is -0.465 e. The van der Waals surface area contributed by atoms with Gasteiger partial charge in [-0.05, 0) is 25.2 Å². The van der Waals surface area contributed by atoms with E-state index >= 15 is 0 Å². The Hall–Kier alpha value is -0.530. The number of hydrogen-bond donors (Lipinski definition) is 0. The Kier molecular flexibility index (Phi) is 29.6. The van der Waals surface area contributed by atoms with Crippen molar-refractivity contribution in [2.75, 3.05) is 6.61 Å². The van der Waals surface area contributed by atoms with Gasteiger partial charge in [-0.2, -0.15) is 0 Å². The summed E-state index contributed by atoms with van der Waals surface area (Å²) >= 11 is 0. The number of ether oxygens (including phenoxy) is 1. The summed E-state index contributed by atoms with van der Waals surface area (Å²) in [5.74, 6) is 0.678. The topological polar surface area (TPSA) is 26.3 Å². The molecule has 0 heterocycles. The molecule has 0 rings (SSSR count). The maximum atomic E-state index is 12.6. The molecule has 0 saturated heterocycles. The van der Waals surface area contributed by atoms with E-state index in [-0.39, 0.29) is 11.9 Å². The van der Waals surface area contributed by atoms with E-state index < -0.39 is 0 Å². The highest BCUT2D eigenvalue weighted by atomic mass is 16.5. The van der Waals surface area contributed by atoms with Crippen LogP contribution in [0.25, 0.3) is 0 Å². The van der Waals surface area contributed by atoms with E-state index in [0.29, 0.717) is 12.5 Å². The predicted octanol–water partition coefficient (Wildman–Crippen LogP) is 12.4. The molecule has 0 radical (unpaired) electrons. The number of unbranched alkanes of at least 4 members (excludes halogenated alkanes) is 21. The molecule has 0 fully saturated rings. The van der Waals surface area contributed by atoms with Crippen molar-refractivity contribution in [1.82, 2.24) is 0 Å². The van der Waals surface area contributed by atoms with Crippen LogP contribution >= 0.6 is 0 Å². The summed E-state index contributed by atoms with van der Waals surface area (Å²) < 4.78 is 5.82. The quantitative estimate of drug-likeness (QED) is 0.0692. The fraction of sp³-hybridized carbons (Fsp3) is 0.971. The van der Waals surface area contributed by atoms with Gasteiger partial charge in [-0.1, -0.05) is 182 Å². The third-order valence-corrected chi connectivity index (χ3v) is 8.29. The normalized spacial score (nSPS) is 13.1. The average molecular weight is 523 g/mol. The van der Waals surface area contributed by atoms with Gasteiger partial charge >= 0.3 is 5.97 Å². The van der Waals surface area contributed by atoms with Gasteiger partial charge in [0, 0.05) is 0 Å². The lowest BCUT2D eigenvalue weighted by Crippen LogP contribution is -2.19. The highest BCUT2D eigenvalue weighted by Gasteiger charge is 2.17. The molecular weight excluding hydrogens is 452 g/mol. The first-order valence-corrected chi connectivity index (χ1v) is 17.3. The van der Waals surface area contributed by atoms with Crippen LogP contribution in [0, 0.1) is 11.8 Å². The summed E-state index contributed by atoms with van der Waals surface area (Å²) in [6.07, 6.45) is 36.2. The van der Waals surface area contributed by atoms with Gasteiger partial charge in [-0.3, -0.25) is 4.79 Å². The molecule has 0 aliphatic rings. The maximum absolute atomic E-state index is 12.6. The van der Waals surface area contributed by atoms with Gasteiger partial charge < -0.3 is 4.74 Å². The van der Waals surface area contributed by atoms with Crippen LogP contribution in [-0.2, 0) is 9.53 Å². The standard InChI is InChI=1S/C35H70O2/c1-5-8-11-13-15-17-19-20-21-23-25-27-29-33(4)35(36)37-32-34(30-10-7-3)31-28-26-24-22-18-16-14-12-9-6-2/h33-34H,5-32H2,1-4H3. The Morgan fingerprint density at radius 2 is 0.784 bits per heavy atom. The summed E-state index contributed by atoms with van der Waals surface area (Å²) in [7, 11) is 0. The van der Waals surface area contributed by atoms with Crippen molar-refractivity contribution in [2.24, 2.45) is 11.8 Å². The van der Waals surface area contributed by atoms with Gasteiger partial charge in [0.25, 0.3) is 0 Å². The van der Waals surface area contributed by atoms with Crippen molar-refractivity contribution < 1.29 is 9.53 Å². The summed E-state index contributed by atoms with van der Waals surface area (Å²) in [5, 5.41) is 0. The Morgan fingerprint density at radius 3 is 1.19 bits per heavy atom. The van der Waals surface area contributed by atoms with E-state index in [1.807, 2.05) is 0 Å². The van der Waals surface area contributed by atoms with Crippen LogP contribution in [0.1, 0.15) is 201 Å². The first-order chi connectivity index (χ1) is 18.2. The minimum absolute atomic E-state index is 0.0487. The van der Waals surface area contributed by atoms with E-state index in [4.69, 9.17) is 4.74 Å². The van der Waals surface area contributed by atoms with Crippen LogP contribution in [0.3, 0.4) is 0 Å². The molecule has 0 aliphatic heterocycles. The van der Waals surface area contributed by atoms with Gasteiger partial charge in [-0.15, -0.1) is 0 Å². The zero-order valence-corrected chi connectivity index (χ0v) is 26.3. The summed E-state index contributed by atoms with van der Waals surface area (Å²) in [4.78, 5) is 12.6. The van der Waals surface area contributed by atoms with Gasteiger partial charge in [0.05, 0.1) is 12.5 Å². The molecule has 0 aromatic rings. The van der Waals surface area contributed by atoms with Crippen molar-refractivity contribution in [2.45, 2.75) is 201 Å².